The van der Waals surface area contributed by atoms with Gasteiger partial charge in [-0.15, -0.1) is 0 Å². The summed E-state index contributed by atoms with van der Waals surface area (Å²) in [4.78, 5) is 4.25. The van der Waals surface area contributed by atoms with E-state index < -0.39 is 0 Å². The number of nitrogens with zero attached hydrogens (tertiary/aromatic N) is 2. The number of aromatic nitrogens is 2. The molecule has 5 heteroatoms. The monoisotopic (exact) mass is 233 g/mol. The highest BCUT2D eigenvalue weighted by Gasteiger charge is 2.32. The minimum atomic E-state index is -0.289. The van der Waals surface area contributed by atoms with Gasteiger partial charge < -0.3 is 10.3 Å². The highest BCUT2D eigenvalue weighted by molar-refractivity contribution is 5.52. The van der Waals surface area contributed by atoms with Crippen LogP contribution in [0.15, 0.2) is 28.8 Å². The molecule has 0 amide bonds. The van der Waals surface area contributed by atoms with Gasteiger partial charge in [0, 0.05) is 5.56 Å². The number of hydrogen-bond donors (Lipinski definition) is 1. The van der Waals surface area contributed by atoms with Gasteiger partial charge in [-0.1, -0.05) is 5.16 Å². The second-order valence-electron chi connectivity index (χ2n) is 4.33. The predicted molar refractivity (Wildman–Crippen MR) is 59.3 cm³/mol. The topological polar surface area (TPSA) is 64.9 Å². The molecule has 3 rings (SSSR count). The van der Waals surface area contributed by atoms with E-state index in [0.29, 0.717) is 23.2 Å². The third kappa shape index (κ3) is 2.06. The van der Waals surface area contributed by atoms with Gasteiger partial charge >= 0.3 is 0 Å². The molecule has 0 radical (unpaired) electrons. The van der Waals surface area contributed by atoms with Crippen molar-refractivity contribution in [3.8, 4) is 11.5 Å². The summed E-state index contributed by atoms with van der Waals surface area (Å²) < 4.78 is 17.9. The fourth-order valence-electron chi connectivity index (χ4n) is 1.75. The van der Waals surface area contributed by atoms with E-state index in [4.69, 9.17) is 10.3 Å². The molecule has 1 aromatic carbocycles. The highest BCUT2D eigenvalue weighted by Crippen LogP contribution is 2.38. The maximum atomic E-state index is 12.8. The molecule has 2 N–H and O–H groups in total. The van der Waals surface area contributed by atoms with Gasteiger partial charge in [0.2, 0.25) is 0 Å². The Bertz CT molecular complexity index is 519. The van der Waals surface area contributed by atoms with E-state index in [2.05, 4.69) is 10.1 Å². The predicted octanol–water partition coefficient (Wildman–Crippen LogP) is 2.29. The van der Waals surface area contributed by atoms with Crippen molar-refractivity contribution in [1.82, 2.24) is 10.1 Å². The van der Waals surface area contributed by atoms with E-state index in [0.717, 1.165) is 12.8 Å². The first kappa shape index (κ1) is 10.4. The molecule has 4 nitrogen and oxygen atoms in total. The van der Waals surface area contributed by atoms with Crippen LogP contribution in [0.1, 0.15) is 24.7 Å². The van der Waals surface area contributed by atoms with Gasteiger partial charge in [0.1, 0.15) is 5.82 Å². The summed E-state index contributed by atoms with van der Waals surface area (Å²) in [5, 5.41) is 3.87. The molecule has 0 spiro atoms. The lowest BCUT2D eigenvalue weighted by molar-refractivity contribution is 0.411. The maximum Gasteiger partial charge on any atom is 0.257 e. The van der Waals surface area contributed by atoms with Gasteiger partial charge in [-0.2, -0.15) is 4.98 Å². The first-order valence-corrected chi connectivity index (χ1v) is 5.59. The molecule has 88 valence electrons. The summed E-state index contributed by atoms with van der Waals surface area (Å²) in [6.07, 6.45) is 2.25. The quantitative estimate of drug-likeness (QED) is 0.883. The van der Waals surface area contributed by atoms with Gasteiger partial charge in [0.05, 0.1) is 6.04 Å². The number of benzene rings is 1. The molecular weight excluding hydrogens is 221 g/mol. The highest BCUT2D eigenvalue weighted by atomic mass is 19.1. The van der Waals surface area contributed by atoms with E-state index in [9.17, 15) is 4.39 Å². The molecule has 2 aromatic rings. The van der Waals surface area contributed by atoms with E-state index in [1.165, 1.54) is 12.1 Å². The molecule has 1 aliphatic rings. The molecule has 1 saturated carbocycles. The number of rotatable bonds is 3. The van der Waals surface area contributed by atoms with Crippen molar-refractivity contribution in [3.05, 3.63) is 35.9 Å². The van der Waals surface area contributed by atoms with Crippen molar-refractivity contribution in [3.63, 3.8) is 0 Å². The summed E-state index contributed by atoms with van der Waals surface area (Å²) in [6, 6.07) is 5.79. The van der Waals surface area contributed by atoms with E-state index in [-0.39, 0.29) is 11.9 Å². The van der Waals surface area contributed by atoms with Crippen molar-refractivity contribution < 1.29 is 8.91 Å². The molecule has 1 aliphatic carbocycles. The van der Waals surface area contributed by atoms with E-state index >= 15 is 0 Å². The Morgan fingerprint density at radius 3 is 2.65 bits per heavy atom. The molecule has 1 aromatic heterocycles. The van der Waals surface area contributed by atoms with E-state index in [1.54, 1.807) is 12.1 Å². The van der Waals surface area contributed by atoms with Gasteiger partial charge in [-0.25, -0.2) is 4.39 Å². The van der Waals surface area contributed by atoms with Crippen LogP contribution in [0.25, 0.3) is 11.5 Å². The lowest BCUT2D eigenvalue weighted by atomic mass is 10.2. The van der Waals surface area contributed by atoms with Crippen LogP contribution in [0.2, 0.25) is 0 Å². The molecule has 1 atom stereocenters. The second kappa shape index (κ2) is 3.92. The first-order valence-electron chi connectivity index (χ1n) is 5.59. The third-order valence-electron chi connectivity index (χ3n) is 2.96. The number of halogens is 1. The zero-order chi connectivity index (χ0) is 11.8. The minimum Gasteiger partial charge on any atom is -0.334 e. The molecule has 0 aliphatic heterocycles. The fourth-order valence-corrected chi connectivity index (χ4v) is 1.75. The molecule has 17 heavy (non-hydrogen) atoms. The van der Waals surface area contributed by atoms with Crippen LogP contribution < -0.4 is 5.73 Å². The normalized spacial score (nSPS) is 17.1. The summed E-state index contributed by atoms with van der Waals surface area (Å²) in [6.45, 7) is 0. The van der Waals surface area contributed by atoms with E-state index in [1.807, 2.05) is 0 Å². The summed E-state index contributed by atoms with van der Waals surface area (Å²) in [5.74, 6) is 1.11. The molecule has 0 bridgehead atoms. The largest absolute Gasteiger partial charge is 0.334 e. The van der Waals surface area contributed by atoms with Crippen LogP contribution in [0.4, 0.5) is 4.39 Å². The SMILES string of the molecule is NC(c1noc(-c2ccc(F)cc2)n1)C1CC1. The lowest BCUT2D eigenvalue weighted by Crippen LogP contribution is -2.13. The fraction of sp³-hybridized carbons (Fsp3) is 0.333. The number of hydrogen-bond acceptors (Lipinski definition) is 4. The average Bonchev–Trinajstić information content (AvgIpc) is 3.07. The van der Waals surface area contributed by atoms with Gasteiger partial charge in [-0.05, 0) is 43.0 Å². The van der Waals surface area contributed by atoms with Crippen molar-refractivity contribution >= 4 is 0 Å². The van der Waals surface area contributed by atoms with Crippen molar-refractivity contribution in [1.29, 1.82) is 0 Å². The van der Waals surface area contributed by atoms with Gasteiger partial charge in [-0.3, -0.25) is 0 Å². The Kier molecular flexibility index (Phi) is 2.40. The van der Waals surface area contributed by atoms with Gasteiger partial charge in [0.25, 0.3) is 5.89 Å². The standard InChI is InChI=1S/C12H12FN3O/c13-9-5-3-8(4-6-9)12-15-11(16-17-12)10(14)7-1-2-7/h3-7,10H,1-2,14H2. The van der Waals surface area contributed by atoms with Crippen LogP contribution >= 0.6 is 0 Å². The summed E-state index contributed by atoms with van der Waals surface area (Å²) >= 11 is 0. The van der Waals surface area contributed by atoms with Crippen LogP contribution in [-0.2, 0) is 0 Å². The van der Waals surface area contributed by atoms with Crippen LogP contribution in [0.3, 0.4) is 0 Å². The Labute approximate surface area is 97.6 Å². The Morgan fingerprint density at radius 1 is 1.29 bits per heavy atom. The first-order chi connectivity index (χ1) is 8.24. The Balaban J connectivity index is 1.86. The third-order valence-corrected chi connectivity index (χ3v) is 2.96. The average molecular weight is 233 g/mol. The van der Waals surface area contributed by atoms with Crippen LogP contribution in [-0.4, -0.2) is 10.1 Å². The molecule has 1 unspecified atom stereocenters. The lowest BCUT2D eigenvalue weighted by Gasteiger charge is -2.01. The molecule has 1 heterocycles. The summed E-state index contributed by atoms with van der Waals surface area (Å²) in [7, 11) is 0. The minimum absolute atomic E-state index is 0.145. The summed E-state index contributed by atoms with van der Waals surface area (Å²) in [5.41, 5.74) is 6.67. The van der Waals surface area contributed by atoms with Crippen molar-refractivity contribution in [2.24, 2.45) is 11.7 Å². The Morgan fingerprint density at radius 2 is 2.00 bits per heavy atom. The second-order valence-corrected chi connectivity index (χ2v) is 4.33. The molecular formula is C12H12FN3O. The molecule has 0 saturated heterocycles. The van der Waals surface area contributed by atoms with Crippen molar-refractivity contribution in [2.45, 2.75) is 18.9 Å². The number of nitrogens with two attached hydrogens (primary N) is 1. The smallest absolute Gasteiger partial charge is 0.257 e. The van der Waals surface area contributed by atoms with Crippen molar-refractivity contribution in [2.75, 3.05) is 0 Å². The zero-order valence-electron chi connectivity index (χ0n) is 9.14. The van der Waals surface area contributed by atoms with Crippen LogP contribution in [0.5, 0.6) is 0 Å². The van der Waals surface area contributed by atoms with Gasteiger partial charge in [0.15, 0.2) is 5.82 Å². The zero-order valence-corrected chi connectivity index (χ0v) is 9.14. The maximum absolute atomic E-state index is 12.8. The van der Waals surface area contributed by atoms with Crippen LogP contribution in [0, 0.1) is 11.7 Å². The Hall–Kier alpha value is -1.75. The molecule has 1 fully saturated rings.